The summed E-state index contributed by atoms with van der Waals surface area (Å²) in [4.78, 5) is 4.67. The molecule has 0 aromatic carbocycles. The number of aromatic nitrogens is 2. The molecule has 0 amide bonds. The predicted octanol–water partition coefficient (Wildman–Crippen LogP) is 2.05. The van der Waals surface area contributed by atoms with E-state index in [2.05, 4.69) is 53.1 Å². The van der Waals surface area contributed by atoms with Gasteiger partial charge in [-0.2, -0.15) is 0 Å². The van der Waals surface area contributed by atoms with Crippen molar-refractivity contribution in [1.82, 2.24) is 20.4 Å². The maximum atomic E-state index is 5.93. The van der Waals surface area contributed by atoms with Gasteiger partial charge in [0, 0.05) is 19.1 Å². The maximum Gasteiger partial charge on any atom is 0.318 e. The summed E-state index contributed by atoms with van der Waals surface area (Å²) >= 11 is 0. The van der Waals surface area contributed by atoms with Crippen LogP contribution in [0.5, 0.6) is 0 Å². The third-order valence-electron chi connectivity index (χ3n) is 4.12. The predicted molar refractivity (Wildman–Crippen MR) is 84.5 cm³/mol. The zero-order valence-corrected chi connectivity index (χ0v) is 13.8. The lowest BCUT2D eigenvalue weighted by molar-refractivity contribution is 0.324. The van der Waals surface area contributed by atoms with Crippen molar-refractivity contribution in [3.63, 3.8) is 0 Å². The van der Waals surface area contributed by atoms with Gasteiger partial charge in [-0.25, -0.2) is 0 Å². The van der Waals surface area contributed by atoms with Crippen LogP contribution < -0.4 is 10.2 Å². The highest BCUT2D eigenvalue weighted by Gasteiger charge is 2.26. The molecule has 1 aromatic heterocycles. The summed E-state index contributed by atoms with van der Waals surface area (Å²) in [6.07, 6.45) is 3.32. The van der Waals surface area contributed by atoms with Gasteiger partial charge < -0.3 is 19.5 Å². The first-order valence-electron chi connectivity index (χ1n) is 8.17. The van der Waals surface area contributed by atoms with Crippen LogP contribution in [0.4, 0.5) is 6.01 Å². The second-order valence-electron chi connectivity index (χ2n) is 5.97. The maximum absolute atomic E-state index is 5.93. The first-order valence-corrected chi connectivity index (χ1v) is 8.17. The molecular formula is C15H29N5O. The van der Waals surface area contributed by atoms with E-state index in [1.807, 2.05) is 0 Å². The fraction of sp³-hybridized carbons (Fsp3) is 0.867. The average molecular weight is 295 g/mol. The van der Waals surface area contributed by atoms with E-state index in [-0.39, 0.29) is 6.04 Å². The second-order valence-corrected chi connectivity index (χ2v) is 5.97. The van der Waals surface area contributed by atoms with Gasteiger partial charge in [0.05, 0.1) is 6.04 Å². The summed E-state index contributed by atoms with van der Waals surface area (Å²) in [5.74, 6) is 0.686. The molecule has 1 aromatic rings. The van der Waals surface area contributed by atoms with Crippen LogP contribution in [0.3, 0.4) is 0 Å². The van der Waals surface area contributed by atoms with Crippen molar-refractivity contribution >= 4 is 6.01 Å². The van der Waals surface area contributed by atoms with E-state index < -0.39 is 0 Å². The summed E-state index contributed by atoms with van der Waals surface area (Å²) in [5, 5.41) is 11.9. The van der Waals surface area contributed by atoms with Crippen LogP contribution in [-0.2, 0) is 0 Å². The summed E-state index contributed by atoms with van der Waals surface area (Å²) in [7, 11) is 2.18. The molecule has 2 rings (SSSR count). The second kappa shape index (κ2) is 7.75. The monoisotopic (exact) mass is 295 g/mol. The number of nitrogens with one attached hydrogen (secondary N) is 1. The van der Waals surface area contributed by atoms with Crippen molar-refractivity contribution < 1.29 is 4.42 Å². The van der Waals surface area contributed by atoms with Gasteiger partial charge in [-0.3, -0.25) is 0 Å². The molecular weight excluding hydrogens is 266 g/mol. The van der Waals surface area contributed by atoms with Crippen molar-refractivity contribution in [2.24, 2.45) is 0 Å². The first-order chi connectivity index (χ1) is 10.2. The summed E-state index contributed by atoms with van der Waals surface area (Å²) in [6, 6.07) is 1.24. The SMILES string of the molecule is CCCNC(C)c1nnc(N2CCCN(C)CC2CC)o1. The first kappa shape index (κ1) is 16.2. The zero-order chi connectivity index (χ0) is 15.2. The Morgan fingerprint density at radius 1 is 1.33 bits per heavy atom. The van der Waals surface area contributed by atoms with Crippen molar-refractivity contribution in [1.29, 1.82) is 0 Å². The minimum Gasteiger partial charge on any atom is -0.406 e. The van der Waals surface area contributed by atoms with Gasteiger partial charge >= 0.3 is 6.01 Å². The molecule has 120 valence electrons. The van der Waals surface area contributed by atoms with Crippen molar-refractivity contribution in [2.45, 2.75) is 52.1 Å². The minimum absolute atomic E-state index is 0.112. The molecule has 1 aliphatic heterocycles. The lowest BCUT2D eigenvalue weighted by atomic mass is 10.2. The van der Waals surface area contributed by atoms with E-state index in [1.165, 1.54) is 0 Å². The van der Waals surface area contributed by atoms with Gasteiger partial charge in [0.1, 0.15) is 0 Å². The fourth-order valence-electron chi connectivity index (χ4n) is 2.81. The van der Waals surface area contributed by atoms with Crippen molar-refractivity contribution in [3.8, 4) is 0 Å². The quantitative estimate of drug-likeness (QED) is 0.867. The van der Waals surface area contributed by atoms with Gasteiger partial charge in [-0.15, -0.1) is 5.10 Å². The van der Waals surface area contributed by atoms with E-state index in [0.717, 1.165) is 45.4 Å². The lowest BCUT2D eigenvalue weighted by Gasteiger charge is -2.28. The van der Waals surface area contributed by atoms with Crippen molar-refractivity contribution in [3.05, 3.63) is 5.89 Å². The van der Waals surface area contributed by atoms with Gasteiger partial charge in [0.2, 0.25) is 5.89 Å². The Morgan fingerprint density at radius 2 is 2.14 bits per heavy atom. The number of hydrogen-bond acceptors (Lipinski definition) is 6. The normalized spacial score (nSPS) is 22.3. The molecule has 2 heterocycles. The number of hydrogen-bond donors (Lipinski definition) is 1. The van der Waals surface area contributed by atoms with E-state index in [1.54, 1.807) is 0 Å². The van der Waals surface area contributed by atoms with Gasteiger partial charge in [0.25, 0.3) is 0 Å². The Kier molecular flexibility index (Phi) is 5.99. The number of likely N-dealkylation sites (N-methyl/N-ethyl adjacent to an activating group) is 1. The van der Waals surface area contributed by atoms with Gasteiger partial charge in [-0.05, 0) is 46.3 Å². The van der Waals surface area contributed by atoms with Crippen LogP contribution in [0.15, 0.2) is 4.42 Å². The Balaban J connectivity index is 2.07. The standard InChI is InChI=1S/C15H29N5O/c1-5-8-16-12(3)14-17-18-15(21-14)20-10-7-9-19(4)11-13(20)6-2/h12-13,16H,5-11H2,1-4H3. The molecule has 2 unspecified atom stereocenters. The molecule has 1 aliphatic rings. The number of anilines is 1. The van der Waals surface area contributed by atoms with Crippen LogP contribution in [0.25, 0.3) is 0 Å². The Bertz CT molecular complexity index is 422. The topological polar surface area (TPSA) is 57.4 Å². The highest BCUT2D eigenvalue weighted by molar-refractivity contribution is 5.27. The highest BCUT2D eigenvalue weighted by Crippen LogP contribution is 2.22. The molecule has 0 saturated carbocycles. The number of nitrogens with zero attached hydrogens (tertiary/aromatic N) is 4. The lowest BCUT2D eigenvalue weighted by Crippen LogP contribution is -2.40. The zero-order valence-electron chi connectivity index (χ0n) is 13.8. The van der Waals surface area contributed by atoms with Gasteiger partial charge in [0.15, 0.2) is 0 Å². The minimum atomic E-state index is 0.112. The van der Waals surface area contributed by atoms with Crippen molar-refractivity contribution in [2.75, 3.05) is 38.1 Å². The van der Waals surface area contributed by atoms with Crippen LogP contribution in [0.1, 0.15) is 52.0 Å². The van der Waals surface area contributed by atoms with Crippen LogP contribution in [0.2, 0.25) is 0 Å². The molecule has 6 nitrogen and oxygen atoms in total. The van der Waals surface area contributed by atoms with Crippen LogP contribution in [0, 0.1) is 0 Å². The molecule has 1 N–H and O–H groups in total. The van der Waals surface area contributed by atoms with Crippen LogP contribution >= 0.6 is 0 Å². The Morgan fingerprint density at radius 3 is 2.86 bits per heavy atom. The van der Waals surface area contributed by atoms with E-state index >= 15 is 0 Å². The van der Waals surface area contributed by atoms with E-state index in [9.17, 15) is 0 Å². The fourth-order valence-corrected chi connectivity index (χ4v) is 2.81. The van der Waals surface area contributed by atoms with Gasteiger partial charge in [-0.1, -0.05) is 18.9 Å². The largest absolute Gasteiger partial charge is 0.406 e. The molecule has 1 saturated heterocycles. The molecule has 2 atom stereocenters. The third-order valence-corrected chi connectivity index (χ3v) is 4.12. The molecule has 21 heavy (non-hydrogen) atoms. The Labute approximate surface area is 127 Å². The average Bonchev–Trinajstić information content (AvgIpc) is 2.89. The molecule has 6 heteroatoms. The summed E-state index contributed by atoms with van der Waals surface area (Å²) < 4.78 is 5.93. The highest BCUT2D eigenvalue weighted by atomic mass is 16.4. The molecule has 0 radical (unpaired) electrons. The van der Waals surface area contributed by atoms with E-state index in [4.69, 9.17) is 4.42 Å². The molecule has 1 fully saturated rings. The molecule has 0 aliphatic carbocycles. The van der Waals surface area contributed by atoms with E-state index in [0.29, 0.717) is 17.9 Å². The third kappa shape index (κ3) is 4.17. The summed E-state index contributed by atoms with van der Waals surface area (Å²) in [6.45, 7) is 10.6. The number of rotatable bonds is 6. The molecule has 0 spiro atoms. The Hall–Kier alpha value is -1.14. The summed E-state index contributed by atoms with van der Waals surface area (Å²) in [5.41, 5.74) is 0. The smallest absolute Gasteiger partial charge is 0.318 e. The molecule has 0 bridgehead atoms. The van der Waals surface area contributed by atoms with Crippen LogP contribution in [-0.4, -0.2) is 54.4 Å².